The zero-order valence-electron chi connectivity index (χ0n) is 8.35. The zero-order chi connectivity index (χ0) is 9.40. The van der Waals surface area contributed by atoms with Crippen LogP contribution in [0.25, 0.3) is 0 Å². The van der Waals surface area contributed by atoms with E-state index in [2.05, 4.69) is 18.7 Å². The minimum atomic E-state index is 0.577. The summed E-state index contributed by atoms with van der Waals surface area (Å²) in [5.41, 5.74) is 0. The molecule has 0 radical (unpaired) electrons. The fourth-order valence-electron chi connectivity index (χ4n) is 1.27. The first-order valence-corrected chi connectivity index (χ1v) is 5.08. The second kappa shape index (κ2) is 7.84. The third-order valence-electron chi connectivity index (χ3n) is 2.14. The molecular weight excluding hydrogens is 174 g/mol. The van der Waals surface area contributed by atoms with E-state index in [-0.39, 0.29) is 0 Å². The Bertz CT molecular complexity index is 101. The molecule has 0 aromatic carbocycles. The molecule has 2 nitrogen and oxygen atoms in total. The van der Waals surface area contributed by atoms with E-state index in [9.17, 15) is 0 Å². The van der Waals surface area contributed by atoms with Gasteiger partial charge in [0.2, 0.25) is 0 Å². The number of nitrogens with zero attached hydrogens (tertiary/aromatic N) is 1. The number of hydrogen-bond acceptors (Lipinski definition) is 2. The van der Waals surface area contributed by atoms with Crippen LogP contribution in [0.3, 0.4) is 0 Å². The molecule has 74 valence electrons. The topological polar surface area (TPSA) is 12.5 Å². The van der Waals surface area contributed by atoms with Gasteiger partial charge in [-0.15, -0.1) is 11.6 Å². The molecule has 0 aliphatic carbocycles. The molecule has 0 heterocycles. The average molecular weight is 194 g/mol. The Morgan fingerprint density at radius 3 is 2.58 bits per heavy atom. The first kappa shape index (κ1) is 12.2. The van der Waals surface area contributed by atoms with E-state index in [1.54, 1.807) is 7.11 Å². The third kappa shape index (κ3) is 4.96. The van der Waals surface area contributed by atoms with Gasteiger partial charge < -0.3 is 4.74 Å². The molecule has 0 aliphatic heterocycles. The minimum absolute atomic E-state index is 0.577. The summed E-state index contributed by atoms with van der Waals surface area (Å²) >= 11 is 5.68. The van der Waals surface area contributed by atoms with Gasteiger partial charge in [0.05, 0.1) is 0 Å². The molecule has 0 aromatic heterocycles. The maximum atomic E-state index is 5.68. The molecule has 1 unspecified atom stereocenters. The van der Waals surface area contributed by atoms with Gasteiger partial charge in [0.25, 0.3) is 0 Å². The predicted octanol–water partition coefficient (Wildman–Crippen LogP) is 1.97. The second-order valence-corrected chi connectivity index (χ2v) is 3.33. The Kier molecular flexibility index (Phi) is 7.98. The number of hydrogen-bond donors (Lipinski definition) is 0. The molecule has 0 aromatic rings. The van der Waals surface area contributed by atoms with Crippen molar-refractivity contribution >= 4 is 11.6 Å². The van der Waals surface area contributed by atoms with Gasteiger partial charge in [-0.25, -0.2) is 0 Å². The van der Waals surface area contributed by atoms with Crippen molar-refractivity contribution in [2.45, 2.75) is 26.3 Å². The van der Waals surface area contributed by atoms with E-state index in [0.717, 1.165) is 26.1 Å². The molecule has 12 heavy (non-hydrogen) atoms. The zero-order valence-corrected chi connectivity index (χ0v) is 9.10. The fraction of sp³-hybridized carbons (Fsp3) is 1.00. The Morgan fingerprint density at radius 1 is 1.50 bits per heavy atom. The molecule has 3 heteroatoms. The molecule has 0 aliphatic rings. The summed E-state index contributed by atoms with van der Waals surface area (Å²) in [6.07, 6.45) is 1.08. The van der Waals surface area contributed by atoms with Crippen molar-refractivity contribution in [1.29, 1.82) is 0 Å². The maximum Gasteiger partial charge on any atom is 0.0477 e. The van der Waals surface area contributed by atoms with Gasteiger partial charge in [-0.3, -0.25) is 4.90 Å². The molecule has 0 rings (SSSR count). The van der Waals surface area contributed by atoms with Crippen molar-refractivity contribution in [2.24, 2.45) is 0 Å². The van der Waals surface area contributed by atoms with Gasteiger partial charge in [0.15, 0.2) is 0 Å². The van der Waals surface area contributed by atoms with Gasteiger partial charge in [0.1, 0.15) is 0 Å². The molecule has 0 bridgehead atoms. The van der Waals surface area contributed by atoms with Crippen LogP contribution in [-0.4, -0.2) is 43.6 Å². The highest BCUT2D eigenvalue weighted by Crippen LogP contribution is 2.03. The van der Waals surface area contributed by atoms with E-state index >= 15 is 0 Å². The van der Waals surface area contributed by atoms with E-state index < -0.39 is 0 Å². The van der Waals surface area contributed by atoms with Crippen LogP contribution in [-0.2, 0) is 4.74 Å². The lowest BCUT2D eigenvalue weighted by Crippen LogP contribution is -2.35. The largest absolute Gasteiger partial charge is 0.385 e. The SMILES string of the molecule is CCN(CCCl)C(C)CCOC. The highest BCUT2D eigenvalue weighted by Gasteiger charge is 2.09. The third-order valence-corrected chi connectivity index (χ3v) is 2.31. The molecular formula is C9H20ClNO. The van der Waals surface area contributed by atoms with Crippen LogP contribution in [0, 0.1) is 0 Å². The van der Waals surface area contributed by atoms with E-state index in [1.165, 1.54) is 0 Å². The van der Waals surface area contributed by atoms with Crippen LogP contribution in [0.2, 0.25) is 0 Å². The predicted molar refractivity (Wildman–Crippen MR) is 53.9 cm³/mol. The number of ether oxygens (including phenoxy) is 1. The summed E-state index contributed by atoms with van der Waals surface area (Å²) in [5.74, 6) is 0.713. The summed E-state index contributed by atoms with van der Waals surface area (Å²) in [6.45, 7) is 7.26. The van der Waals surface area contributed by atoms with Gasteiger partial charge >= 0.3 is 0 Å². The summed E-state index contributed by atoms with van der Waals surface area (Å²) in [6, 6.07) is 0.577. The normalized spacial score (nSPS) is 13.8. The van der Waals surface area contributed by atoms with Crippen molar-refractivity contribution < 1.29 is 4.74 Å². The lowest BCUT2D eigenvalue weighted by Gasteiger charge is -2.26. The monoisotopic (exact) mass is 193 g/mol. The van der Waals surface area contributed by atoms with Crippen molar-refractivity contribution in [2.75, 3.05) is 32.7 Å². The van der Waals surface area contributed by atoms with Crippen molar-refractivity contribution in [3.05, 3.63) is 0 Å². The second-order valence-electron chi connectivity index (χ2n) is 2.95. The molecule has 0 fully saturated rings. The number of methoxy groups -OCH3 is 1. The first-order chi connectivity index (χ1) is 5.76. The molecule has 0 amide bonds. The van der Waals surface area contributed by atoms with E-state index in [4.69, 9.17) is 16.3 Å². The Balaban J connectivity index is 3.60. The van der Waals surface area contributed by atoms with Gasteiger partial charge in [-0.2, -0.15) is 0 Å². The standard InChI is InChI=1S/C9H20ClNO/c1-4-11(7-6-10)9(2)5-8-12-3/h9H,4-8H2,1-3H3. The van der Waals surface area contributed by atoms with Crippen molar-refractivity contribution in [3.63, 3.8) is 0 Å². The number of rotatable bonds is 7. The molecule has 0 saturated carbocycles. The number of alkyl halides is 1. The van der Waals surface area contributed by atoms with Gasteiger partial charge in [-0.1, -0.05) is 6.92 Å². The van der Waals surface area contributed by atoms with Crippen LogP contribution in [0.5, 0.6) is 0 Å². The number of halogens is 1. The smallest absolute Gasteiger partial charge is 0.0477 e. The summed E-state index contributed by atoms with van der Waals surface area (Å²) in [5, 5.41) is 0. The van der Waals surface area contributed by atoms with Crippen LogP contribution in [0.15, 0.2) is 0 Å². The van der Waals surface area contributed by atoms with Crippen LogP contribution < -0.4 is 0 Å². The van der Waals surface area contributed by atoms with Crippen LogP contribution >= 0.6 is 11.6 Å². The molecule has 1 atom stereocenters. The molecule has 0 spiro atoms. The summed E-state index contributed by atoms with van der Waals surface area (Å²) in [7, 11) is 1.74. The summed E-state index contributed by atoms with van der Waals surface area (Å²) in [4.78, 5) is 2.37. The quantitative estimate of drug-likeness (QED) is 0.574. The lowest BCUT2D eigenvalue weighted by atomic mass is 10.2. The fourth-order valence-corrected chi connectivity index (χ4v) is 1.49. The lowest BCUT2D eigenvalue weighted by molar-refractivity contribution is 0.145. The Labute approximate surface area is 80.8 Å². The van der Waals surface area contributed by atoms with Gasteiger partial charge in [0, 0.05) is 32.2 Å². The first-order valence-electron chi connectivity index (χ1n) is 4.55. The van der Waals surface area contributed by atoms with E-state index in [1.807, 2.05) is 0 Å². The van der Waals surface area contributed by atoms with E-state index in [0.29, 0.717) is 11.9 Å². The molecule has 0 saturated heterocycles. The molecule has 0 N–H and O–H groups in total. The van der Waals surface area contributed by atoms with Crippen molar-refractivity contribution in [3.8, 4) is 0 Å². The summed E-state index contributed by atoms with van der Waals surface area (Å²) < 4.78 is 5.03. The Hall–Kier alpha value is 0.210. The minimum Gasteiger partial charge on any atom is -0.385 e. The van der Waals surface area contributed by atoms with Crippen molar-refractivity contribution in [1.82, 2.24) is 4.90 Å². The highest BCUT2D eigenvalue weighted by atomic mass is 35.5. The Morgan fingerprint density at radius 2 is 2.17 bits per heavy atom. The highest BCUT2D eigenvalue weighted by molar-refractivity contribution is 6.18. The van der Waals surface area contributed by atoms with Crippen LogP contribution in [0.4, 0.5) is 0 Å². The van der Waals surface area contributed by atoms with Crippen LogP contribution in [0.1, 0.15) is 20.3 Å². The maximum absolute atomic E-state index is 5.68. The average Bonchev–Trinajstić information content (AvgIpc) is 2.10. The van der Waals surface area contributed by atoms with Gasteiger partial charge in [-0.05, 0) is 19.9 Å².